The van der Waals surface area contributed by atoms with Crippen LogP contribution in [-0.4, -0.2) is 62.2 Å². The summed E-state index contributed by atoms with van der Waals surface area (Å²) < 4.78 is 13.4. The van der Waals surface area contributed by atoms with Crippen LogP contribution in [0.15, 0.2) is 42.0 Å². The molecule has 0 aromatic heterocycles. The van der Waals surface area contributed by atoms with Gasteiger partial charge in [-0.15, -0.1) is 0 Å². The summed E-state index contributed by atoms with van der Waals surface area (Å²) in [6.45, 7) is 12.2. The van der Waals surface area contributed by atoms with E-state index in [0.29, 0.717) is 31.2 Å². The van der Waals surface area contributed by atoms with Gasteiger partial charge in [-0.3, -0.25) is 4.79 Å². The van der Waals surface area contributed by atoms with Crippen LogP contribution in [0.2, 0.25) is 0 Å². The topological polar surface area (TPSA) is 117 Å². The van der Waals surface area contributed by atoms with E-state index < -0.39 is 51.4 Å². The van der Waals surface area contributed by atoms with Gasteiger partial charge in [0.25, 0.3) is 0 Å². The maximum Gasteiger partial charge on any atom is 0.338 e. The van der Waals surface area contributed by atoms with Crippen LogP contribution >= 0.6 is 0 Å². The number of ether oxygens (including phenoxy) is 2. The number of hydrogen-bond acceptors (Lipinski definition) is 7. The van der Waals surface area contributed by atoms with Gasteiger partial charge in [0.05, 0.1) is 11.7 Å². The monoisotopic (exact) mass is 590 g/mol. The molecule has 1 saturated heterocycles. The lowest BCUT2D eigenvalue weighted by Gasteiger charge is -2.68. The predicted octanol–water partition coefficient (Wildman–Crippen LogP) is 4.62. The molecule has 5 saturated carbocycles. The molecular formula is C36H46O7. The number of ketones is 1. The SMILES string of the molecule is CC1CCC23CC(OC(=O)c4ccccc4)C4(C)C(=CCC5C67CC6C(O)C(=O)C(C)(C)C7C(O)CC54C)C2(O3)C1(C)O. The zero-order valence-corrected chi connectivity index (χ0v) is 26.2. The fourth-order valence-corrected chi connectivity index (χ4v) is 12.5. The Bertz CT molecular complexity index is 1460. The summed E-state index contributed by atoms with van der Waals surface area (Å²) in [6, 6.07) is 9.07. The van der Waals surface area contributed by atoms with E-state index in [-0.39, 0.29) is 40.8 Å². The molecule has 232 valence electrons. The molecule has 13 atom stereocenters. The molecule has 1 heterocycles. The van der Waals surface area contributed by atoms with Crippen LogP contribution in [-0.2, 0) is 14.3 Å². The number of benzene rings is 1. The van der Waals surface area contributed by atoms with Gasteiger partial charge in [-0.2, -0.15) is 0 Å². The number of epoxide rings is 1. The molecule has 7 nitrogen and oxygen atoms in total. The summed E-state index contributed by atoms with van der Waals surface area (Å²) in [4.78, 5) is 27.1. The van der Waals surface area contributed by atoms with Gasteiger partial charge in [0.15, 0.2) is 5.78 Å². The Hall–Kier alpha value is -2.06. The number of aliphatic hydroxyl groups excluding tert-OH is 2. The number of fused-ring (bicyclic) bond motifs is 3. The van der Waals surface area contributed by atoms with Gasteiger partial charge in [-0.25, -0.2) is 4.79 Å². The van der Waals surface area contributed by atoms with Gasteiger partial charge in [0.1, 0.15) is 29.0 Å². The number of carbonyl (C=O) groups excluding carboxylic acids is 2. The standard InChI is InChI=1S/C36H46O7/c1-19-14-15-34-18-25(42-29(40)20-10-8-7-9-11-20)32(5)24(36(34,43-34)33(19,6)41)13-12-23-31(32,4)17-22(37)27-30(2,3)28(39)26(38)21-16-35(21,23)27/h7-11,13,19,21-23,25-27,37-38,41H,12,14-18H2,1-6H3. The van der Waals surface area contributed by atoms with Crippen molar-refractivity contribution < 1.29 is 34.4 Å². The number of allylic oxidation sites excluding steroid dienone is 1. The van der Waals surface area contributed by atoms with Crippen LogP contribution in [0, 0.1) is 45.3 Å². The summed E-state index contributed by atoms with van der Waals surface area (Å²) in [5.41, 5.74) is -3.63. The molecule has 1 spiro atoms. The number of carbonyl (C=O) groups is 2. The van der Waals surface area contributed by atoms with E-state index in [0.717, 1.165) is 18.4 Å². The van der Waals surface area contributed by atoms with Gasteiger partial charge in [-0.1, -0.05) is 58.9 Å². The number of Topliss-reactive ketones (excluding diaryl/α,β-unsaturated/α-hetero) is 1. The summed E-state index contributed by atoms with van der Waals surface area (Å²) in [7, 11) is 0. The number of esters is 1. The summed E-state index contributed by atoms with van der Waals surface area (Å²) in [5, 5.41) is 35.6. The normalized spacial score (nSPS) is 55.2. The first-order chi connectivity index (χ1) is 20.1. The van der Waals surface area contributed by atoms with E-state index in [4.69, 9.17) is 9.47 Å². The molecule has 0 radical (unpaired) electrons. The van der Waals surface area contributed by atoms with Crippen molar-refractivity contribution in [2.75, 3.05) is 0 Å². The first-order valence-electron chi connectivity index (χ1n) is 16.4. The molecule has 1 aromatic carbocycles. The van der Waals surface area contributed by atoms with E-state index in [1.165, 1.54) is 0 Å². The second-order valence-corrected chi connectivity index (χ2v) is 16.6. The lowest BCUT2D eigenvalue weighted by Crippen LogP contribution is -2.72. The van der Waals surface area contributed by atoms with Gasteiger partial charge >= 0.3 is 5.97 Å². The summed E-state index contributed by atoms with van der Waals surface area (Å²) in [5.74, 6) is -0.897. The second kappa shape index (κ2) is 8.01. The molecule has 7 aliphatic rings. The van der Waals surface area contributed by atoms with Crippen molar-refractivity contribution in [1.82, 2.24) is 0 Å². The average Bonchev–Trinajstić information content (AvgIpc) is 3.85. The Labute approximate surface area is 254 Å². The minimum Gasteiger partial charge on any atom is -0.458 e. The van der Waals surface area contributed by atoms with Gasteiger partial charge in [-0.05, 0) is 85.3 Å². The highest BCUT2D eigenvalue weighted by atomic mass is 16.7. The van der Waals surface area contributed by atoms with Crippen molar-refractivity contribution in [3.63, 3.8) is 0 Å². The molecule has 1 aliphatic heterocycles. The van der Waals surface area contributed by atoms with Crippen molar-refractivity contribution in [3.8, 4) is 0 Å². The Balaban J connectivity index is 1.31. The molecule has 6 fully saturated rings. The third-order valence-corrected chi connectivity index (χ3v) is 14.9. The first-order valence-corrected chi connectivity index (χ1v) is 16.4. The van der Waals surface area contributed by atoms with E-state index in [9.17, 15) is 24.9 Å². The average molecular weight is 591 g/mol. The maximum absolute atomic E-state index is 13.7. The number of hydrogen-bond donors (Lipinski definition) is 3. The van der Waals surface area contributed by atoms with Crippen molar-refractivity contribution in [1.29, 1.82) is 0 Å². The molecule has 0 bridgehead atoms. The van der Waals surface area contributed by atoms with Crippen LogP contribution in [0.3, 0.4) is 0 Å². The zero-order chi connectivity index (χ0) is 30.8. The van der Waals surface area contributed by atoms with Crippen molar-refractivity contribution in [2.24, 2.45) is 45.3 Å². The van der Waals surface area contributed by atoms with Crippen LogP contribution in [0.4, 0.5) is 0 Å². The smallest absolute Gasteiger partial charge is 0.338 e. The quantitative estimate of drug-likeness (QED) is 0.262. The highest BCUT2D eigenvalue weighted by molar-refractivity contribution is 5.91. The second-order valence-electron chi connectivity index (χ2n) is 16.6. The lowest BCUT2D eigenvalue weighted by molar-refractivity contribution is -0.217. The Morgan fingerprint density at radius 3 is 2.42 bits per heavy atom. The fraction of sp³-hybridized carbons (Fsp3) is 0.722. The van der Waals surface area contributed by atoms with Crippen LogP contribution in [0.5, 0.6) is 0 Å². The molecule has 0 amide bonds. The lowest BCUT2D eigenvalue weighted by atomic mass is 9.35. The van der Waals surface area contributed by atoms with E-state index >= 15 is 0 Å². The van der Waals surface area contributed by atoms with Crippen LogP contribution in [0.1, 0.15) is 90.4 Å². The van der Waals surface area contributed by atoms with Crippen LogP contribution in [0.25, 0.3) is 0 Å². The van der Waals surface area contributed by atoms with Crippen molar-refractivity contribution in [3.05, 3.63) is 47.5 Å². The summed E-state index contributed by atoms with van der Waals surface area (Å²) >= 11 is 0. The fourth-order valence-electron chi connectivity index (χ4n) is 12.5. The Kier molecular flexibility index (Phi) is 5.29. The largest absolute Gasteiger partial charge is 0.458 e. The molecule has 43 heavy (non-hydrogen) atoms. The minimum atomic E-state index is -1.11. The number of aliphatic hydroxyl groups is 3. The molecule has 1 aromatic rings. The molecule has 8 rings (SSSR count). The highest BCUT2D eigenvalue weighted by Crippen LogP contribution is 2.85. The third kappa shape index (κ3) is 2.89. The molecule has 3 N–H and O–H groups in total. The minimum absolute atomic E-state index is 0.0234. The van der Waals surface area contributed by atoms with E-state index in [2.05, 4.69) is 26.8 Å². The Morgan fingerprint density at radius 1 is 1.02 bits per heavy atom. The highest BCUT2D eigenvalue weighted by Gasteiger charge is 2.89. The van der Waals surface area contributed by atoms with Crippen LogP contribution < -0.4 is 0 Å². The van der Waals surface area contributed by atoms with Gasteiger partial charge in [0, 0.05) is 23.2 Å². The first kappa shape index (κ1) is 28.4. The van der Waals surface area contributed by atoms with Crippen molar-refractivity contribution >= 4 is 11.8 Å². The molecule has 6 aliphatic carbocycles. The molecular weight excluding hydrogens is 544 g/mol. The summed E-state index contributed by atoms with van der Waals surface area (Å²) in [6.07, 6.45) is 3.90. The molecule has 13 unspecified atom stereocenters. The maximum atomic E-state index is 13.7. The molecule has 7 heteroatoms. The van der Waals surface area contributed by atoms with E-state index in [1.54, 1.807) is 12.1 Å². The van der Waals surface area contributed by atoms with Crippen molar-refractivity contribution in [2.45, 2.75) is 115 Å². The van der Waals surface area contributed by atoms with Gasteiger partial charge < -0.3 is 24.8 Å². The predicted molar refractivity (Wildman–Crippen MR) is 158 cm³/mol. The Morgan fingerprint density at radius 2 is 1.72 bits per heavy atom. The number of rotatable bonds is 2. The zero-order valence-electron chi connectivity index (χ0n) is 26.2. The third-order valence-electron chi connectivity index (χ3n) is 14.9. The van der Waals surface area contributed by atoms with E-state index in [1.807, 2.05) is 39.0 Å². The van der Waals surface area contributed by atoms with Gasteiger partial charge in [0.2, 0.25) is 0 Å².